The molecule has 0 radical (unpaired) electrons. The van der Waals surface area contributed by atoms with Gasteiger partial charge in [0, 0.05) is 59.9 Å². The van der Waals surface area contributed by atoms with Crippen molar-refractivity contribution in [3.8, 4) is 0 Å². The number of unbranched alkanes of at least 4 members (excludes halogenated alkanes) is 2. The molecule has 0 aromatic heterocycles. The van der Waals surface area contributed by atoms with Crippen molar-refractivity contribution in [3.05, 3.63) is 0 Å². The van der Waals surface area contributed by atoms with Gasteiger partial charge in [-0.2, -0.15) is 0 Å². The Morgan fingerprint density at radius 2 is 0.750 bits per heavy atom. The molecule has 0 aliphatic heterocycles. The summed E-state index contributed by atoms with van der Waals surface area (Å²) in [5.74, 6) is -11.8. The zero-order valence-corrected chi connectivity index (χ0v) is 56.2. The van der Waals surface area contributed by atoms with Crippen LogP contribution < -0.4 is 27.0 Å². The number of nitrogens with one attached hydrogen (secondary N) is 4. The Bertz CT molecular complexity index is 2420. The van der Waals surface area contributed by atoms with Crippen LogP contribution in [-0.2, 0) is 133 Å². The predicted octanol–water partition coefficient (Wildman–Crippen LogP) is -2.29. The van der Waals surface area contributed by atoms with Crippen LogP contribution in [0.5, 0.6) is 0 Å². The zero-order chi connectivity index (χ0) is 77.2. The maximum Gasteiger partial charge on any atom is 0.347 e. The number of carboxylic acid groups (broad SMARTS) is 7. The number of esters is 5. The summed E-state index contributed by atoms with van der Waals surface area (Å²) in [6, 6.07) is -4.62. The number of urea groups is 2. The molecule has 0 aromatic rings. The Labute approximate surface area is 572 Å². The van der Waals surface area contributed by atoms with Crippen molar-refractivity contribution in [2.75, 3.05) is 107 Å². The summed E-state index contributed by atoms with van der Waals surface area (Å²) in [5, 5.41) is 76.8. The first-order chi connectivity index (χ1) is 47.2. The van der Waals surface area contributed by atoms with E-state index in [1.807, 2.05) is 0 Å². The third kappa shape index (κ3) is 68.4. The topological polar surface area (TPSA) is 646 Å². The Balaban J connectivity index is -0.000000416. The number of amides is 4. The molecule has 0 bridgehead atoms. The van der Waals surface area contributed by atoms with Crippen molar-refractivity contribution in [3.63, 3.8) is 0 Å². The van der Waals surface area contributed by atoms with Crippen molar-refractivity contribution >= 4 is 102 Å². The highest BCUT2D eigenvalue weighted by molar-refractivity contribution is 5.85. The number of carbonyl (C=O) groups excluding carboxylic acids is 10. The van der Waals surface area contributed by atoms with Crippen LogP contribution in [0, 0.1) is 0 Å². The fraction of sp³-hybridized carbons (Fsp3) is 0.702. The second-order valence-corrected chi connectivity index (χ2v) is 19.4. The zero-order valence-electron chi connectivity index (χ0n) is 56.2. The SMILES string of the molecule is COCC(=O)OC(C)C(=O)O.COCC(=O)OC(C)C(=O)OCCOCCC(=O)CCCC[C@H](NC(=O)N[C@@H](CCC(=O)O)C(=O)O)OC=O.COCC(=O)OC(C)C(=O)OCCOCCC(=O)O.NCCCC[C@H](NC(=O)N[C@@H](CCC(=O)O)C(=O)O)OC=O.O=C(O)CCOCCO. The van der Waals surface area contributed by atoms with Gasteiger partial charge in [0.15, 0.2) is 30.8 Å². The quantitative estimate of drug-likeness (QED) is 0.0100. The summed E-state index contributed by atoms with van der Waals surface area (Å²) in [4.78, 5) is 186. The van der Waals surface area contributed by atoms with E-state index in [0.29, 0.717) is 38.6 Å². The van der Waals surface area contributed by atoms with E-state index in [0.717, 1.165) is 0 Å². The molecule has 0 aliphatic rings. The van der Waals surface area contributed by atoms with Gasteiger partial charge in [-0.05, 0) is 65.8 Å². The number of methoxy groups -OCH3 is 3. The van der Waals surface area contributed by atoms with Crippen LogP contribution in [0.4, 0.5) is 9.59 Å². The molecule has 3 unspecified atom stereocenters. The normalized spacial score (nSPS) is 12.2. The monoisotopic (exact) mass is 1460 g/mol. The summed E-state index contributed by atoms with van der Waals surface area (Å²) < 4.78 is 61.3. The second kappa shape index (κ2) is 66.7. The first-order valence-electron chi connectivity index (χ1n) is 30.0. The Kier molecular flexibility index (Phi) is 66.1. The number of Topliss-reactive ketones (excluding diaryl/α,β-unsaturated/α-hetero) is 1. The summed E-state index contributed by atoms with van der Waals surface area (Å²) >= 11 is 0. The minimum absolute atomic E-state index is 0. The minimum Gasteiger partial charge on any atom is -0.481 e. The third-order valence-corrected chi connectivity index (χ3v) is 11.0. The van der Waals surface area contributed by atoms with E-state index in [1.54, 1.807) is 0 Å². The molecule has 0 spiro atoms. The van der Waals surface area contributed by atoms with E-state index in [2.05, 4.69) is 49.7 Å². The largest absolute Gasteiger partial charge is 0.481 e. The summed E-state index contributed by atoms with van der Waals surface area (Å²) in [6.45, 7) is 4.46. The van der Waals surface area contributed by atoms with Crippen molar-refractivity contribution in [1.82, 2.24) is 21.3 Å². The highest BCUT2D eigenvalue weighted by atomic mass is 16.6. The van der Waals surface area contributed by atoms with E-state index < -0.39 is 139 Å². The summed E-state index contributed by atoms with van der Waals surface area (Å²) in [6.07, 6.45) is -3.93. The number of aliphatic hydroxyl groups excluding tert-OH is 1. The maximum atomic E-state index is 12.0. The van der Waals surface area contributed by atoms with Gasteiger partial charge in [-0.25, -0.2) is 47.9 Å². The van der Waals surface area contributed by atoms with Crippen LogP contribution in [0.2, 0.25) is 0 Å². The molecule has 576 valence electrons. The molecule has 4 amide bonds. The van der Waals surface area contributed by atoms with Gasteiger partial charge in [0.2, 0.25) is 0 Å². The lowest BCUT2D eigenvalue weighted by molar-refractivity contribution is -0.169. The van der Waals surface area contributed by atoms with Crippen LogP contribution in [0.1, 0.15) is 111 Å². The number of hydrogen-bond donors (Lipinski definition) is 13. The molecule has 0 aromatic carbocycles. The van der Waals surface area contributed by atoms with Crippen LogP contribution in [0.3, 0.4) is 0 Å². The van der Waals surface area contributed by atoms with E-state index >= 15 is 0 Å². The van der Waals surface area contributed by atoms with Crippen LogP contribution >= 0.6 is 0 Å². The number of carboxylic acids is 7. The van der Waals surface area contributed by atoms with Gasteiger partial charge >= 0.3 is 83.7 Å². The van der Waals surface area contributed by atoms with E-state index in [-0.39, 0.29) is 143 Å². The molecule has 0 aliphatic carbocycles. The molecule has 100 heavy (non-hydrogen) atoms. The molecule has 14 N–H and O–H groups in total. The number of nitrogens with two attached hydrogens (primary N) is 1. The first-order valence-corrected chi connectivity index (χ1v) is 30.0. The smallest absolute Gasteiger partial charge is 0.347 e. The van der Waals surface area contributed by atoms with Crippen molar-refractivity contribution in [2.45, 2.75) is 154 Å². The Morgan fingerprint density at radius 1 is 0.400 bits per heavy atom. The summed E-state index contributed by atoms with van der Waals surface area (Å²) in [7, 11) is 3.97. The van der Waals surface area contributed by atoms with Gasteiger partial charge in [0.05, 0.1) is 59.1 Å². The van der Waals surface area contributed by atoms with Gasteiger partial charge in [0.25, 0.3) is 12.9 Å². The molecule has 0 rings (SSSR count). The molecule has 0 saturated heterocycles. The average molecular weight is 1460 g/mol. The molecular formula is C57H95N5O38. The van der Waals surface area contributed by atoms with Crippen molar-refractivity contribution < 1.29 is 184 Å². The first kappa shape index (κ1) is 99.1. The number of carbonyl (C=O) groups is 17. The van der Waals surface area contributed by atoms with Gasteiger partial charge in [-0.15, -0.1) is 0 Å². The number of hydrogen-bond acceptors (Lipinski definition) is 32. The number of ketones is 1. The van der Waals surface area contributed by atoms with Crippen LogP contribution in [-0.4, -0.2) is 293 Å². The Morgan fingerprint density at radius 3 is 1.07 bits per heavy atom. The van der Waals surface area contributed by atoms with E-state index in [9.17, 15) is 81.5 Å². The van der Waals surface area contributed by atoms with Gasteiger partial charge in [-0.1, -0.05) is 0 Å². The van der Waals surface area contributed by atoms with E-state index in [1.165, 1.54) is 42.1 Å². The average Bonchev–Trinajstić information content (AvgIpc) is 0.956. The van der Waals surface area contributed by atoms with Gasteiger partial charge < -0.3 is 129 Å². The third-order valence-electron chi connectivity index (χ3n) is 11.0. The standard InChI is InChI=1S/C23H36N2O14.C12H21N3O7.C11H18O8.C6H10O5.C5H10O4/c1-15(39-20(30)13-35-2)22(33)37-12-11-36-10-9-16(27)5-3-4-6-18(38-14-26)25-23(34)24-17(21(31)32)7-8-19(28)29;13-6-2-1-3-9(22-7-16)15-12(21)14-8(11(19)20)4-5-10(17)18;1-8(19-10(14)7-16-2)11(15)18-6-5-17-4-3-9(12)13;1-4(6(8)9)11-5(7)3-10-2;6-2-4-9-3-1-5(7)8/h14-15,17-18H,3-13H2,1-2H3,(H,28,29)(H,31,32)(H2,24,25,34);7-9H,1-6,13H2,(H,17,18)(H,19,20)(H2,14,15,21);8H,3-7H2,1-2H3,(H,12,13);4H,3H2,1-2H3,(H,8,9);6H,1-4H2,(H,7,8)/t15?,17-,18+;8-,9+;;;/m00.../s1. The molecular weight excluding hydrogens is 1360 g/mol. The molecule has 0 fully saturated rings. The predicted molar refractivity (Wildman–Crippen MR) is 329 cm³/mol. The van der Waals surface area contributed by atoms with Gasteiger partial charge in [-0.3, -0.25) is 33.6 Å². The molecule has 0 heterocycles. The lowest BCUT2D eigenvalue weighted by Gasteiger charge is -2.19. The second-order valence-electron chi connectivity index (χ2n) is 19.4. The lowest BCUT2D eigenvalue weighted by atomic mass is 10.1. The van der Waals surface area contributed by atoms with E-state index in [4.69, 9.17) is 79.7 Å². The molecule has 43 nitrogen and oxygen atoms in total. The Hall–Kier alpha value is -9.53. The maximum absolute atomic E-state index is 12.0. The van der Waals surface area contributed by atoms with Crippen molar-refractivity contribution in [2.24, 2.45) is 5.73 Å². The minimum atomic E-state index is -1.45. The van der Waals surface area contributed by atoms with Crippen molar-refractivity contribution in [1.29, 1.82) is 0 Å². The number of aliphatic hydroxyl groups is 1. The molecule has 43 heteroatoms. The fourth-order valence-electron chi connectivity index (χ4n) is 6.18. The molecule has 0 saturated carbocycles. The van der Waals surface area contributed by atoms with Gasteiger partial charge in [0.1, 0.15) is 50.9 Å². The fourth-order valence-corrected chi connectivity index (χ4v) is 6.18. The number of aliphatic carboxylic acids is 7. The summed E-state index contributed by atoms with van der Waals surface area (Å²) in [5.41, 5.74) is 5.32. The number of ether oxygens (including phenoxy) is 13. The van der Waals surface area contributed by atoms with Crippen LogP contribution in [0.25, 0.3) is 0 Å². The van der Waals surface area contributed by atoms with Crippen LogP contribution in [0.15, 0.2) is 0 Å². The lowest BCUT2D eigenvalue weighted by Crippen LogP contribution is -2.49. The highest BCUT2D eigenvalue weighted by Crippen LogP contribution is 2.08. The number of rotatable bonds is 54. The molecule has 7 atom stereocenters. The highest BCUT2D eigenvalue weighted by Gasteiger charge is 2.26.